The summed E-state index contributed by atoms with van der Waals surface area (Å²) in [6.07, 6.45) is 0. The van der Waals surface area contributed by atoms with E-state index in [2.05, 4.69) is 107 Å². The number of furan rings is 1. The van der Waals surface area contributed by atoms with Crippen LogP contribution in [0.1, 0.15) is 11.1 Å². The van der Waals surface area contributed by atoms with Gasteiger partial charge >= 0.3 is 0 Å². The Morgan fingerprint density at radius 3 is 2.39 bits per heavy atom. The Balaban J connectivity index is 1.41. The topological polar surface area (TPSA) is 54.2 Å². The summed E-state index contributed by atoms with van der Waals surface area (Å²) in [5, 5.41) is 17.4. The average molecular weight is 582 g/mol. The molecule has 6 aromatic carbocycles. The maximum absolute atomic E-state index is 10.5. The van der Waals surface area contributed by atoms with Crippen LogP contribution in [0.15, 0.2) is 125 Å². The van der Waals surface area contributed by atoms with E-state index in [-0.39, 0.29) is 0 Å². The SMILES string of the molecule is C=NCc1ccc2oc3ccc(-c4c(C#N)cccc4-n4c5ccccc5c5ccc6sc7ccccc7c6c54)cc3c2c1. The summed E-state index contributed by atoms with van der Waals surface area (Å²) in [6, 6.07) is 42.6. The number of hydrogen-bond donors (Lipinski definition) is 0. The molecule has 3 aromatic heterocycles. The van der Waals surface area contributed by atoms with Crippen molar-refractivity contribution in [1.82, 2.24) is 4.57 Å². The minimum Gasteiger partial charge on any atom is -0.456 e. The lowest BCUT2D eigenvalue weighted by Crippen LogP contribution is -1.99. The van der Waals surface area contributed by atoms with Crippen LogP contribution in [0, 0.1) is 11.3 Å². The average Bonchev–Trinajstić information content (AvgIpc) is 3.73. The van der Waals surface area contributed by atoms with Crippen LogP contribution in [-0.2, 0) is 6.54 Å². The third-order valence-electron chi connectivity index (χ3n) is 8.70. The van der Waals surface area contributed by atoms with E-state index in [4.69, 9.17) is 4.42 Å². The summed E-state index contributed by atoms with van der Waals surface area (Å²) < 4.78 is 11.1. The van der Waals surface area contributed by atoms with Crippen LogP contribution in [0.3, 0.4) is 0 Å². The highest BCUT2D eigenvalue weighted by atomic mass is 32.1. The van der Waals surface area contributed by atoms with Gasteiger partial charge in [-0.3, -0.25) is 4.99 Å². The van der Waals surface area contributed by atoms with Crippen molar-refractivity contribution in [2.45, 2.75) is 6.54 Å². The number of rotatable bonds is 4. The molecule has 0 aliphatic heterocycles. The first-order valence-electron chi connectivity index (χ1n) is 14.5. The van der Waals surface area contributed by atoms with E-state index in [1.165, 1.54) is 30.9 Å². The Bertz CT molecular complexity index is 2680. The Morgan fingerprint density at radius 2 is 1.52 bits per heavy atom. The van der Waals surface area contributed by atoms with Gasteiger partial charge in [0.2, 0.25) is 0 Å². The Hall–Kier alpha value is -5.70. The molecule has 0 aliphatic carbocycles. The second kappa shape index (κ2) is 9.40. The summed E-state index contributed by atoms with van der Waals surface area (Å²) in [5.74, 6) is 0. The summed E-state index contributed by atoms with van der Waals surface area (Å²) in [7, 11) is 0. The summed E-state index contributed by atoms with van der Waals surface area (Å²) in [5.41, 5.74) is 8.45. The highest BCUT2D eigenvalue weighted by Gasteiger charge is 2.22. The van der Waals surface area contributed by atoms with Crippen LogP contribution in [0.25, 0.3) is 80.7 Å². The van der Waals surface area contributed by atoms with Gasteiger partial charge in [-0.2, -0.15) is 5.26 Å². The van der Waals surface area contributed by atoms with E-state index < -0.39 is 0 Å². The van der Waals surface area contributed by atoms with Crippen molar-refractivity contribution in [3.63, 3.8) is 0 Å². The van der Waals surface area contributed by atoms with Crippen molar-refractivity contribution in [1.29, 1.82) is 5.26 Å². The molecule has 5 heteroatoms. The summed E-state index contributed by atoms with van der Waals surface area (Å²) in [6.45, 7) is 4.21. The molecule has 0 saturated heterocycles. The highest BCUT2D eigenvalue weighted by Crippen LogP contribution is 2.45. The van der Waals surface area contributed by atoms with Gasteiger partial charge in [0.1, 0.15) is 11.2 Å². The summed E-state index contributed by atoms with van der Waals surface area (Å²) >= 11 is 1.82. The molecule has 0 N–H and O–H groups in total. The molecule has 0 spiro atoms. The molecular weight excluding hydrogens is 559 g/mol. The lowest BCUT2D eigenvalue weighted by Gasteiger charge is -2.16. The van der Waals surface area contributed by atoms with Gasteiger partial charge in [-0.1, -0.05) is 60.7 Å². The van der Waals surface area contributed by atoms with Crippen LogP contribution < -0.4 is 0 Å². The molecule has 9 rings (SSSR count). The fourth-order valence-corrected chi connectivity index (χ4v) is 7.95. The predicted molar refractivity (Wildman–Crippen MR) is 184 cm³/mol. The van der Waals surface area contributed by atoms with Crippen molar-refractivity contribution < 1.29 is 4.42 Å². The molecule has 0 radical (unpaired) electrons. The number of thiophene rings is 1. The molecule has 0 bridgehead atoms. The molecule has 0 fully saturated rings. The van der Waals surface area contributed by atoms with Gasteiger partial charge in [0.15, 0.2) is 0 Å². The van der Waals surface area contributed by atoms with E-state index in [1.807, 2.05) is 41.7 Å². The molecular formula is C39H23N3OS. The molecule has 0 aliphatic rings. The van der Waals surface area contributed by atoms with Gasteiger partial charge in [0, 0.05) is 47.3 Å². The lowest BCUT2D eigenvalue weighted by molar-refractivity contribution is 0.669. The Kier molecular flexibility index (Phi) is 5.31. The summed E-state index contributed by atoms with van der Waals surface area (Å²) in [4.78, 5) is 4.07. The number of hydrogen-bond acceptors (Lipinski definition) is 4. The molecule has 0 atom stereocenters. The fourth-order valence-electron chi connectivity index (χ4n) is 6.85. The van der Waals surface area contributed by atoms with Gasteiger partial charge in [0.25, 0.3) is 0 Å². The highest BCUT2D eigenvalue weighted by molar-refractivity contribution is 7.26. The molecule has 44 heavy (non-hydrogen) atoms. The van der Waals surface area contributed by atoms with E-state index in [1.54, 1.807) is 0 Å². The molecule has 4 nitrogen and oxygen atoms in total. The van der Waals surface area contributed by atoms with Crippen LogP contribution in [0.4, 0.5) is 0 Å². The van der Waals surface area contributed by atoms with Gasteiger partial charge in [0.05, 0.1) is 34.9 Å². The first-order valence-corrected chi connectivity index (χ1v) is 15.3. The molecule has 0 saturated carbocycles. The van der Waals surface area contributed by atoms with E-state index in [9.17, 15) is 5.26 Å². The van der Waals surface area contributed by atoms with Crippen LogP contribution in [0.2, 0.25) is 0 Å². The molecule has 3 heterocycles. The molecule has 9 aromatic rings. The largest absolute Gasteiger partial charge is 0.456 e. The molecule has 206 valence electrons. The van der Waals surface area contributed by atoms with Crippen molar-refractivity contribution >= 4 is 82.0 Å². The Labute approximate surface area is 256 Å². The zero-order chi connectivity index (χ0) is 29.4. The van der Waals surface area contributed by atoms with Crippen LogP contribution >= 0.6 is 11.3 Å². The number of aliphatic imine (C=N–C) groups is 1. The third-order valence-corrected chi connectivity index (χ3v) is 9.83. The first-order chi connectivity index (χ1) is 21.7. The Morgan fingerprint density at radius 1 is 0.727 bits per heavy atom. The lowest BCUT2D eigenvalue weighted by atomic mass is 9.96. The number of para-hydroxylation sites is 1. The molecule has 0 amide bonds. The van der Waals surface area contributed by atoms with Crippen molar-refractivity contribution in [2.24, 2.45) is 4.99 Å². The molecule has 0 unspecified atom stereocenters. The van der Waals surface area contributed by atoms with Gasteiger partial charge in [-0.15, -0.1) is 11.3 Å². The van der Waals surface area contributed by atoms with Gasteiger partial charge in [-0.25, -0.2) is 0 Å². The second-order valence-electron chi connectivity index (χ2n) is 11.1. The van der Waals surface area contributed by atoms with Crippen molar-refractivity contribution in [2.75, 3.05) is 0 Å². The number of fused-ring (bicyclic) bond motifs is 10. The number of nitriles is 1. The van der Waals surface area contributed by atoms with Gasteiger partial charge in [-0.05, 0) is 72.4 Å². The van der Waals surface area contributed by atoms with E-state index in [0.717, 1.165) is 55.3 Å². The minimum absolute atomic E-state index is 0.545. The monoisotopic (exact) mass is 581 g/mol. The van der Waals surface area contributed by atoms with Crippen LogP contribution in [0.5, 0.6) is 0 Å². The van der Waals surface area contributed by atoms with E-state index in [0.29, 0.717) is 12.1 Å². The maximum atomic E-state index is 10.5. The fraction of sp³-hybridized carbons (Fsp3) is 0.0256. The zero-order valence-corrected chi connectivity index (χ0v) is 24.4. The van der Waals surface area contributed by atoms with Crippen molar-refractivity contribution in [3.05, 3.63) is 126 Å². The first kappa shape index (κ1) is 24.9. The predicted octanol–water partition coefficient (Wildman–Crippen LogP) is 10.8. The van der Waals surface area contributed by atoms with Gasteiger partial charge < -0.3 is 8.98 Å². The minimum atomic E-state index is 0.545. The smallest absolute Gasteiger partial charge is 0.135 e. The van der Waals surface area contributed by atoms with Crippen LogP contribution in [-0.4, -0.2) is 11.3 Å². The standard InChI is InChI=1S/C39H23N3OS/c1-41-22-23-13-16-33-29(19-23)30-20-24(14-17-34(30)43-33)37-25(21-40)7-6-11-32(37)42-31-10-4-2-8-26(31)27-15-18-36-38(39(27)42)28-9-3-5-12-35(28)44-36/h2-20H,1,22H2. The zero-order valence-electron chi connectivity index (χ0n) is 23.5. The van der Waals surface area contributed by atoms with E-state index >= 15 is 0 Å². The normalized spacial score (nSPS) is 11.8. The number of aromatic nitrogens is 1. The number of benzene rings is 6. The quantitative estimate of drug-likeness (QED) is 0.194. The van der Waals surface area contributed by atoms with Crippen molar-refractivity contribution in [3.8, 4) is 22.9 Å². The number of nitrogens with zero attached hydrogens (tertiary/aromatic N) is 3. The second-order valence-corrected chi connectivity index (χ2v) is 12.2. The maximum Gasteiger partial charge on any atom is 0.135 e. The third kappa shape index (κ3) is 3.46.